The quantitative estimate of drug-likeness (QED) is 0.122. The number of hydroxylamine groups is 2. The van der Waals surface area contributed by atoms with Gasteiger partial charge in [0.2, 0.25) is 11.8 Å². The number of nitrogens with one attached hydrogen (secondary N) is 2. The number of anilines is 1. The SMILES string of the molecule is COCCCC(=O)c1cccc2c1-c1ccc(NC(=O)CCCC(=O)NCCOC)cc1C2COC(=O)ON1C(=O)CCC1=O. The van der Waals surface area contributed by atoms with Crippen molar-refractivity contribution in [1.82, 2.24) is 10.4 Å². The van der Waals surface area contributed by atoms with Gasteiger partial charge in [-0.1, -0.05) is 29.3 Å². The van der Waals surface area contributed by atoms with Crippen molar-refractivity contribution in [3.05, 3.63) is 53.1 Å². The number of hydrogen-bond donors (Lipinski definition) is 2. The lowest BCUT2D eigenvalue weighted by atomic mass is 9.93. The summed E-state index contributed by atoms with van der Waals surface area (Å²) in [5.74, 6) is -2.30. The molecule has 240 valence electrons. The molecule has 0 aromatic heterocycles. The van der Waals surface area contributed by atoms with Crippen LogP contribution >= 0.6 is 0 Å². The Morgan fingerprint density at radius 3 is 2.33 bits per heavy atom. The van der Waals surface area contributed by atoms with E-state index in [4.69, 9.17) is 19.0 Å². The standard InChI is InChI=1S/C32H37N3O10/c1-42-16-5-8-26(36)23-7-3-6-21-25(19-44-32(41)45-35-29(39)13-14-30(35)40)24-18-20(11-12-22(24)31(21)23)34-28(38)10-4-9-27(37)33-15-17-43-2/h3,6-7,11-12,18,25H,4-5,8-10,13-17,19H2,1-2H3,(H,33,37)(H,34,38). The summed E-state index contributed by atoms with van der Waals surface area (Å²) in [5, 5.41) is 5.98. The van der Waals surface area contributed by atoms with E-state index in [0.29, 0.717) is 60.0 Å². The summed E-state index contributed by atoms with van der Waals surface area (Å²) in [6.07, 6.45) is 0.205. The molecule has 1 fully saturated rings. The van der Waals surface area contributed by atoms with Crippen LogP contribution in [0.25, 0.3) is 11.1 Å². The molecular formula is C32H37N3O10. The number of ether oxygens (including phenoxy) is 3. The van der Waals surface area contributed by atoms with Crippen LogP contribution in [0, 0.1) is 0 Å². The molecule has 1 aliphatic carbocycles. The van der Waals surface area contributed by atoms with Gasteiger partial charge in [-0.3, -0.25) is 28.8 Å². The number of rotatable bonds is 16. The number of amides is 4. The molecule has 1 atom stereocenters. The molecule has 1 unspecified atom stereocenters. The fourth-order valence-electron chi connectivity index (χ4n) is 5.33. The molecule has 45 heavy (non-hydrogen) atoms. The first-order chi connectivity index (χ1) is 21.7. The fraction of sp³-hybridized carbons (Fsp3) is 0.438. The number of ketones is 1. The number of carbonyl (C=O) groups excluding carboxylic acids is 6. The maximum Gasteiger partial charge on any atom is 0.533 e. The number of hydrogen-bond acceptors (Lipinski definition) is 10. The third-order valence-corrected chi connectivity index (χ3v) is 7.48. The van der Waals surface area contributed by atoms with Crippen LogP contribution in [-0.2, 0) is 38.2 Å². The van der Waals surface area contributed by atoms with Crippen LogP contribution in [0.4, 0.5) is 10.5 Å². The predicted molar refractivity (Wildman–Crippen MR) is 160 cm³/mol. The largest absolute Gasteiger partial charge is 0.533 e. The van der Waals surface area contributed by atoms with Gasteiger partial charge in [0.1, 0.15) is 6.61 Å². The van der Waals surface area contributed by atoms with Gasteiger partial charge in [0.15, 0.2) is 5.78 Å². The van der Waals surface area contributed by atoms with Crippen molar-refractivity contribution in [2.75, 3.05) is 45.9 Å². The number of imide groups is 1. The van der Waals surface area contributed by atoms with E-state index < -0.39 is 23.9 Å². The Bertz CT molecular complexity index is 1440. The van der Waals surface area contributed by atoms with Crippen molar-refractivity contribution in [1.29, 1.82) is 0 Å². The van der Waals surface area contributed by atoms with Crippen molar-refractivity contribution in [2.24, 2.45) is 0 Å². The second kappa shape index (κ2) is 15.9. The normalized spacial score (nSPS) is 15.0. The third-order valence-electron chi connectivity index (χ3n) is 7.48. The van der Waals surface area contributed by atoms with Crippen molar-refractivity contribution in [3.63, 3.8) is 0 Å². The topological polar surface area (TPSA) is 167 Å². The Kier molecular flexibility index (Phi) is 11.8. The van der Waals surface area contributed by atoms with Gasteiger partial charge < -0.3 is 24.8 Å². The van der Waals surface area contributed by atoms with E-state index in [1.54, 1.807) is 44.6 Å². The first-order valence-corrected chi connectivity index (χ1v) is 14.8. The Hall–Kier alpha value is -4.62. The summed E-state index contributed by atoms with van der Waals surface area (Å²) in [7, 11) is 3.12. The number of nitrogens with zero attached hydrogens (tertiary/aromatic N) is 1. The molecule has 2 aromatic carbocycles. The summed E-state index contributed by atoms with van der Waals surface area (Å²) in [6.45, 7) is 1.03. The minimum atomic E-state index is -1.21. The maximum absolute atomic E-state index is 13.2. The Balaban J connectivity index is 1.51. The Morgan fingerprint density at radius 1 is 0.867 bits per heavy atom. The lowest BCUT2D eigenvalue weighted by Gasteiger charge is -2.17. The molecule has 0 bridgehead atoms. The fourth-order valence-corrected chi connectivity index (χ4v) is 5.33. The van der Waals surface area contributed by atoms with Crippen LogP contribution in [-0.4, -0.2) is 81.2 Å². The molecule has 13 heteroatoms. The smallest absolute Gasteiger partial charge is 0.432 e. The van der Waals surface area contributed by atoms with E-state index in [2.05, 4.69) is 10.6 Å². The molecule has 1 heterocycles. The average Bonchev–Trinajstić information content (AvgIpc) is 3.51. The molecule has 2 N–H and O–H groups in total. The molecule has 1 saturated heterocycles. The summed E-state index contributed by atoms with van der Waals surface area (Å²) in [5.41, 5.74) is 3.91. The number of methoxy groups -OCH3 is 2. The molecule has 1 aliphatic heterocycles. The van der Waals surface area contributed by atoms with Gasteiger partial charge in [0.05, 0.1) is 6.61 Å². The molecule has 4 rings (SSSR count). The molecule has 0 radical (unpaired) electrons. The lowest BCUT2D eigenvalue weighted by molar-refractivity contribution is -0.177. The van der Waals surface area contributed by atoms with Crippen LogP contribution in [0.3, 0.4) is 0 Å². The van der Waals surface area contributed by atoms with Crippen LogP contribution in [0.2, 0.25) is 0 Å². The van der Waals surface area contributed by atoms with Gasteiger partial charge in [-0.2, -0.15) is 0 Å². The predicted octanol–water partition coefficient (Wildman–Crippen LogP) is 3.50. The Labute approximate surface area is 260 Å². The first-order valence-electron chi connectivity index (χ1n) is 14.8. The molecule has 2 aliphatic rings. The Morgan fingerprint density at radius 2 is 1.60 bits per heavy atom. The zero-order valence-corrected chi connectivity index (χ0v) is 25.3. The highest BCUT2D eigenvalue weighted by Crippen LogP contribution is 2.48. The van der Waals surface area contributed by atoms with Crippen molar-refractivity contribution in [3.8, 4) is 11.1 Å². The third kappa shape index (κ3) is 8.52. The molecule has 0 saturated carbocycles. The van der Waals surface area contributed by atoms with Crippen molar-refractivity contribution < 1.29 is 47.8 Å². The summed E-state index contributed by atoms with van der Waals surface area (Å²) >= 11 is 0. The highest BCUT2D eigenvalue weighted by atomic mass is 16.8. The van der Waals surface area contributed by atoms with Gasteiger partial charge in [0.25, 0.3) is 11.8 Å². The molecule has 13 nitrogen and oxygen atoms in total. The number of fused-ring (bicyclic) bond motifs is 3. The van der Waals surface area contributed by atoms with Crippen molar-refractivity contribution >= 4 is 41.3 Å². The summed E-state index contributed by atoms with van der Waals surface area (Å²) in [4.78, 5) is 78.9. The number of benzene rings is 2. The van der Waals surface area contributed by atoms with Gasteiger partial charge in [-0.25, -0.2) is 4.79 Å². The molecular weight excluding hydrogens is 586 g/mol. The summed E-state index contributed by atoms with van der Waals surface area (Å²) in [6, 6.07) is 10.6. The van der Waals surface area contributed by atoms with E-state index in [9.17, 15) is 28.8 Å². The first kappa shape index (κ1) is 33.3. The van der Waals surface area contributed by atoms with E-state index in [1.165, 1.54) is 0 Å². The zero-order chi connectivity index (χ0) is 32.3. The van der Waals surface area contributed by atoms with E-state index in [0.717, 1.165) is 11.1 Å². The van der Waals surface area contributed by atoms with Gasteiger partial charge in [-0.15, -0.1) is 0 Å². The van der Waals surface area contributed by atoms with Gasteiger partial charge >= 0.3 is 6.16 Å². The second-order valence-corrected chi connectivity index (χ2v) is 10.6. The minimum absolute atomic E-state index is 0.0489. The highest BCUT2D eigenvalue weighted by molar-refractivity contribution is 6.05. The maximum atomic E-state index is 13.2. The monoisotopic (exact) mass is 623 g/mol. The summed E-state index contributed by atoms with van der Waals surface area (Å²) < 4.78 is 15.4. The molecule has 0 spiro atoms. The number of carbonyl (C=O) groups is 6. The van der Waals surface area contributed by atoms with Crippen LogP contribution in [0.15, 0.2) is 36.4 Å². The lowest BCUT2D eigenvalue weighted by Crippen LogP contribution is -2.32. The highest BCUT2D eigenvalue weighted by Gasteiger charge is 2.36. The van der Waals surface area contributed by atoms with E-state index in [-0.39, 0.29) is 56.3 Å². The van der Waals surface area contributed by atoms with Gasteiger partial charge in [0, 0.05) is 76.6 Å². The second-order valence-electron chi connectivity index (χ2n) is 10.6. The average molecular weight is 624 g/mol. The van der Waals surface area contributed by atoms with Crippen LogP contribution < -0.4 is 10.6 Å². The van der Waals surface area contributed by atoms with Gasteiger partial charge in [-0.05, 0) is 47.2 Å². The molecule has 4 amide bonds. The van der Waals surface area contributed by atoms with Crippen LogP contribution in [0.5, 0.6) is 0 Å². The van der Waals surface area contributed by atoms with Crippen LogP contribution in [0.1, 0.15) is 72.3 Å². The van der Waals surface area contributed by atoms with E-state index in [1.807, 2.05) is 6.07 Å². The minimum Gasteiger partial charge on any atom is -0.432 e. The number of Topliss-reactive ketones (excluding diaryl/α,β-unsaturated/α-hetero) is 1. The van der Waals surface area contributed by atoms with Crippen molar-refractivity contribution in [2.45, 2.75) is 50.9 Å². The molecule has 2 aromatic rings. The van der Waals surface area contributed by atoms with E-state index >= 15 is 0 Å². The zero-order valence-electron chi connectivity index (χ0n) is 25.3.